The zero-order chi connectivity index (χ0) is 36.6. The molecule has 1 saturated heterocycles. The van der Waals surface area contributed by atoms with Crippen LogP contribution < -0.4 is 5.32 Å². The van der Waals surface area contributed by atoms with Crippen molar-refractivity contribution in [2.75, 3.05) is 26.2 Å². The monoisotopic (exact) mass is 728 g/mol. The smallest absolute Gasteiger partial charge is 0.324 e. The molecule has 50 heavy (non-hydrogen) atoms. The molecular formula is C34H44N6O8S2. The molecule has 3 aromatic rings. The number of urea groups is 1. The van der Waals surface area contributed by atoms with Crippen molar-refractivity contribution < 1.29 is 33.2 Å². The van der Waals surface area contributed by atoms with Gasteiger partial charge in [-0.05, 0) is 47.1 Å². The van der Waals surface area contributed by atoms with Crippen molar-refractivity contribution in [2.45, 2.75) is 63.7 Å². The van der Waals surface area contributed by atoms with Gasteiger partial charge in [-0.15, -0.1) is 0 Å². The van der Waals surface area contributed by atoms with E-state index in [9.17, 15) is 33.2 Å². The average molecular weight is 729 g/mol. The lowest BCUT2D eigenvalue weighted by atomic mass is 9.97. The van der Waals surface area contributed by atoms with E-state index in [1.165, 1.54) is 45.8 Å². The third-order valence-electron chi connectivity index (χ3n) is 8.33. The van der Waals surface area contributed by atoms with E-state index in [4.69, 9.17) is 5.21 Å². The van der Waals surface area contributed by atoms with E-state index in [-0.39, 0.29) is 60.4 Å². The molecule has 0 bridgehead atoms. The fourth-order valence-corrected chi connectivity index (χ4v) is 8.29. The van der Waals surface area contributed by atoms with Gasteiger partial charge in [-0.1, -0.05) is 86.7 Å². The van der Waals surface area contributed by atoms with Crippen LogP contribution in [0.15, 0.2) is 76.1 Å². The highest BCUT2D eigenvalue weighted by Gasteiger charge is 2.40. The summed E-state index contributed by atoms with van der Waals surface area (Å²) in [6, 6.07) is 14.3. The van der Waals surface area contributed by atoms with Crippen LogP contribution in [0.1, 0.15) is 44.4 Å². The number of oxime groups is 1. The number of aliphatic hydroxyl groups excluding tert-OH is 1. The molecule has 2 aromatic carbocycles. The lowest BCUT2D eigenvalue weighted by Gasteiger charge is -2.34. The highest BCUT2D eigenvalue weighted by Crippen LogP contribution is 2.26. The van der Waals surface area contributed by atoms with E-state index in [0.29, 0.717) is 17.7 Å². The fraction of sp³-hybridized carbons (Fsp3) is 0.441. The SMILES string of the molecule is CC(C)CN(C[C@H](O)[C@H](Cc1ccccc1)NC(=O)[C@H](C(C)C)N1CCN(Cc2csc([N+](=O)[O-])c2)C1=O)S(=O)(=O)c1ccc(C=NO)cc1. The molecule has 0 aliphatic carbocycles. The van der Waals surface area contributed by atoms with Crippen LogP contribution in [0.2, 0.25) is 0 Å². The number of hydrogen-bond donors (Lipinski definition) is 3. The lowest BCUT2D eigenvalue weighted by molar-refractivity contribution is -0.380. The Bertz CT molecular complexity index is 1750. The van der Waals surface area contributed by atoms with E-state index in [1.54, 1.807) is 10.3 Å². The van der Waals surface area contributed by atoms with Crippen molar-refractivity contribution in [3.63, 3.8) is 0 Å². The second kappa shape index (κ2) is 17.0. The summed E-state index contributed by atoms with van der Waals surface area (Å²) < 4.78 is 28.9. The standard InChI is InChI=1S/C34H44N6O8S2/c1-23(2)19-38(50(47,48)28-12-10-26(11-13-28)18-35-44)21-30(41)29(16-25-8-6-5-7-9-25)36-33(42)32(24(3)4)39-15-14-37(34(39)43)20-27-17-31(40(45)46)49-22-27/h5-13,17-18,22-24,29-30,32,41,44H,14-16,19-21H2,1-4H3,(H,36,42)/t29-,30-,32-/m0/s1. The van der Waals surface area contributed by atoms with Gasteiger partial charge in [0.05, 0.1) is 28.2 Å². The zero-order valence-electron chi connectivity index (χ0n) is 28.5. The third kappa shape index (κ3) is 9.65. The molecule has 3 N–H and O–H groups in total. The van der Waals surface area contributed by atoms with E-state index < -0.39 is 39.0 Å². The molecule has 0 saturated carbocycles. The molecule has 270 valence electrons. The minimum atomic E-state index is -4.08. The molecule has 3 atom stereocenters. The second-order valence-electron chi connectivity index (χ2n) is 13.0. The fourth-order valence-electron chi connectivity index (χ4n) is 5.95. The number of carbonyl (C=O) groups is 2. The maximum Gasteiger partial charge on any atom is 0.324 e. The maximum absolute atomic E-state index is 14.1. The molecule has 1 aliphatic rings. The molecular weight excluding hydrogens is 685 g/mol. The first-order valence-corrected chi connectivity index (χ1v) is 18.6. The maximum atomic E-state index is 14.1. The first-order chi connectivity index (χ1) is 23.7. The summed E-state index contributed by atoms with van der Waals surface area (Å²) in [5.41, 5.74) is 1.94. The number of thiophene rings is 1. The molecule has 2 heterocycles. The number of aliphatic hydroxyl groups is 1. The van der Waals surface area contributed by atoms with Gasteiger partial charge in [0.15, 0.2) is 0 Å². The molecule has 1 aliphatic heterocycles. The summed E-state index contributed by atoms with van der Waals surface area (Å²) in [6.45, 7) is 7.91. The topological polar surface area (TPSA) is 186 Å². The van der Waals surface area contributed by atoms with Gasteiger partial charge >= 0.3 is 11.0 Å². The molecule has 3 amide bonds. The molecule has 0 spiro atoms. The van der Waals surface area contributed by atoms with Gasteiger partial charge in [0, 0.05) is 44.2 Å². The second-order valence-corrected chi connectivity index (χ2v) is 15.9. The predicted molar refractivity (Wildman–Crippen MR) is 190 cm³/mol. The van der Waals surface area contributed by atoms with Gasteiger partial charge < -0.3 is 25.4 Å². The van der Waals surface area contributed by atoms with Crippen molar-refractivity contribution >= 4 is 44.5 Å². The van der Waals surface area contributed by atoms with Crippen molar-refractivity contribution in [3.8, 4) is 0 Å². The molecule has 1 aromatic heterocycles. The number of carbonyl (C=O) groups excluding carboxylic acids is 2. The quantitative estimate of drug-likeness (QED) is 0.0800. The summed E-state index contributed by atoms with van der Waals surface area (Å²) >= 11 is 0.986. The highest BCUT2D eigenvalue weighted by atomic mass is 32.2. The van der Waals surface area contributed by atoms with Crippen molar-refractivity contribution in [1.82, 2.24) is 19.4 Å². The predicted octanol–water partition coefficient (Wildman–Crippen LogP) is 4.16. The first kappa shape index (κ1) is 38.4. The van der Waals surface area contributed by atoms with E-state index >= 15 is 0 Å². The van der Waals surface area contributed by atoms with Crippen LogP contribution in [-0.4, -0.2) is 100 Å². The number of sulfonamides is 1. The highest BCUT2D eigenvalue weighted by molar-refractivity contribution is 7.89. The van der Waals surface area contributed by atoms with Gasteiger partial charge in [0.1, 0.15) is 6.04 Å². The summed E-state index contributed by atoms with van der Waals surface area (Å²) in [4.78, 5) is 41.3. The molecule has 0 radical (unpaired) electrons. The largest absolute Gasteiger partial charge is 0.411 e. The molecule has 4 rings (SSSR count). The Morgan fingerprint density at radius 2 is 1.76 bits per heavy atom. The molecule has 14 nitrogen and oxygen atoms in total. The Morgan fingerprint density at radius 3 is 2.34 bits per heavy atom. The third-order valence-corrected chi connectivity index (χ3v) is 11.1. The number of nitrogens with zero attached hydrogens (tertiary/aromatic N) is 5. The summed E-state index contributed by atoms with van der Waals surface area (Å²) in [5, 5.41) is 39.2. The van der Waals surface area contributed by atoms with Crippen LogP contribution in [0.4, 0.5) is 9.80 Å². The van der Waals surface area contributed by atoms with Crippen LogP contribution in [-0.2, 0) is 27.8 Å². The number of nitrogens with one attached hydrogen (secondary N) is 1. The van der Waals surface area contributed by atoms with Gasteiger partial charge in [0.25, 0.3) is 0 Å². The van der Waals surface area contributed by atoms with Gasteiger partial charge in [-0.3, -0.25) is 14.9 Å². The zero-order valence-corrected chi connectivity index (χ0v) is 30.1. The summed E-state index contributed by atoms with van der Waals surface area (Å²) in [7, 11) is -4.08. The number of nitro groups is 1. The first-order valence-electron chi connectivity index (χ1n) is 16.3. The Morgan fingerprint density at radius 1 is 1.08 bits per heavy atom. The van der Waals surface area contributed by atoms with Crippen molar-refractivity contribution in [2.24, 2.45) is 17.0 Å². The molecule has 0 unspecified atom stereocenters. The number of hydrogen-bond acceptors (Lipinski definition) is 10. The summed E-state index contributed by atoms with van der Waals surface area (Å²) in [5.74, 6) is -0.886. The van der Waals surface area contributed by atoms with E-state index in [2.05, 4.69) is 10.5 Å². The van der Waals surface area contributed by atoms with Crippen molar-refractivity contribution in [1.29, 1.82) is 0 Å². The normalized spacial score (nSPS) is 15.7. The minimum absolute atomic E-state index is 0.00175. The Labute approximate surface area is 296 Å². The molecule has 1 fully saturated rings. The number of rotatable bonds is 17. The molecule has 16 heteroatoms. The van der Waals surface area contributed by atoms with E-state index in [0.717, 1.165) is 16.9 Å². The van der Waals surface area contributed by atoms with Crippen LogP contribution in [0.25, 0.3) is 0 Å². The number of benzene rings is 2. The van der Waals surface area contributed by atoms with Crippen LogP contribution in [0.5, 0.6) is 0 Å². The average Bonchev–Trinajstić information content (AvgIpc) is 3.68. The van der Waals surface area contributed by atoms with Crippen LogP contribution in [0.3, 0.4) is 0 Å². The van der Waals surface area contributed by atoms with Crippen LogP contribution >= 0.6 is 11.3 Å². The van der Waals surface area contributed by atoms with Gasteiger partial charge in [-0.2, -0.15) is 4.31 Å². The van der Waals surface area contributed by atoms with E-state index in [1.807, 2.05) is 58.0 Å². The summed E-state index contributed by atoms with van der Waals surface area (Å²) in [6.07, 6.45) is 0.0416. The van der Waals surface area contributed by atoms with Crippen molar-refractivity contribution in [3.05, 3.63) is 92.8 Å². The Balaban J connectivity index is 1.56. The number of amides is 3. The van der Waals surface area contributed by atoms with Crippen LogP contribution in [0, 0.1) is 22.0 Å². The van der Waals surface area contributed by atoms with Gasteiger partial charge in [0.2, 0.25) is 15.9 Å². The minimum Gasteiger partial charge on any atom is -0.411 e. The Hall–Kier alpha value is -4.38. The van der Waals surface area contributed by atoms with Gasteiger partial charge in [-0.25, -0.2) is 13.2 Å². The lowest BCUT2D eigenvalue weighted by Crippen LogP contribution is -2.57. The Kier molecular flexibility index (Phi) is 13.1.